The minimum atomic E-state index is -0.252. The average Bonchev–Trinajstić information content (AvgIpc) is 1.63. The van der Waals surface area contributed by atoms with Crippen molar-refractivity contribution in [3.05, 3.63) is 152 Å². The molecule has 15 heterocycles. The summed E-state index contributed by atoms with van der Waals surface area (Å²) in [4.78, 5) is 80.8. The van der Waals surface area contributed by atoms with E-state index in [1.54, 1.807) is 36.7 Å². The quantitative estimate of drug-likeness (QED) is 0.121. The molecule has 0 radical (unpaired) electrons. The lowest BCUT2D eigenvalue weighted by atomic mass is 9.97. The molecule has 6 saturated heterocycles. The third-order valence-electron chi connectivity index (χ3n) is 20.7. The average molecular weight is 1360 g/mol. The van der Waals surface area contributed by atoms with Gasteiger partial charge in [-0.2, -0.15) is 20.3 Å². The van der Waals surface area contributed by atoms with Gasteiger partial charge in [-0.3, -0.25) is 14.4 Å². The van der Waals surface area contributed by atoms with Gasteiger partial charge in [0.05, 0.1) is 40.8 Å². The van der Waals surface area contributed by atoms with Crippen LogP contribution in [0.3, 0.4) is 0 Å². The molecule has 0 spiro atoms. The summed E-state index contributed by atoms with van der Waals surface area (Å²) in [6.45, 7) is 25.2. The Hall–Kier alpha value is -9.76. The highest BCUT2D eigenvalue weighted by molar-refractivity contribution is 5.99. The number of carbonyl (C=O) groups excluding carboxylic acids is 3. The van der Waals surface area contributed by atoms with Crippen molar-refractivity contribution < 1.29 is 18.8 Å². The molecule has 3 amide bonds. The molecule has 0 unspecified atom stereocenters. The summed E-state index contributed by atoms with van der Waals surface area (Å²) in [5, 5.41) is 19.0. The number of anilines is 4. The molecule has 27 heteroatoms. The topological polar surface area (TPSA) is 295 Å². The van der Waals surface area contributed by atoms with Crippen molar-refractivity contribution >= 4 is 63.7 Å². The van der Waals surface area contributed by atoms with E-state index >= 15 is 0 Å². The first-order chi connectivity index (χ1) is 48.1. The van der Waals surface area contributed by atoms with Crippen LogP contribution in [0.25, 0.3) is 22.7 Å². The minimum absolute atomic E-state index is 0.0705. The Morgan fingerprint density at radius 3 is 1.38 bits per heavy atom. The summed E-state index contributed by atoms with van der Waals surface area (Å²) in [5.41, 5.74) is 31.1. The van der Waals surface area contributed by atoms with Gasteiger partial charge in [-0.15, -0.1) is 5.10 Å². The summed E-state index contributed by atoms with van der Waals surface area (Å²) in [5.74, 6) is 3.96. The summed E-state index contributed by atoms with van der Waals surface area (Å²) in [6, 6.07) is 13.1. The normalized spacial score (nSPS) is 21.2. The Balaban J connectivity index is 0.000000128. The monoisotopic (exact) mass is 1360 g/mol. The third-order valence-corrected chi connectivity index (χ3v) is 20.7. The number of benzene rings is 1. The van der Waals surface area contributed by atoms with Gasteiger partial charge in [0, 0.05) is 148 Å². The zero-order valence-corrected chi connectivity index (χ0v) is 58.9. The van der Waals surface area contributed by atoms with Crippen molar-refractivity contribution in [1.82, 2.24) is 83.1 Å². The van der Waals surface area contributed by atoms with Gasteiger partial charge in [0.25, 0.3) is 23.5 Å². The molecule has 6 N–H and O–H groups in total. The second kappa shape index (κ2) is 27.7. The second-order valence-electron chi connectivity index (χ2n) is 28.8. The van der Waals surface area contributed by atoms with Crippen LogP contribution in [-0.2, 0) is 0 Å². The van der Waals surface area contributed by atoms with E-state index in [4.69, 9.17) is 47.4 Å². The van der Waals surface area contributed by atoms with Gasteiger partial charge >= 0.3 is 0 Å². The van der Waals surface area contributed by atoms with Crippen LogP contribution in [-0.4, -0.2) is 172 Å². The first-order valence-electron chi connectivity index (χ1n) is 35.6. The van der Waals surface area contributed by atoms with E-state index in [2.05, 4.69) is 61.7 Å². The third kappa shape index (κ3) is 13.5. The number of aryl methyl sites for hydroxylation is 8. The molecule has 26 nitrogen and oxygen atoms in total. The summed E-state index contributed by atoms with van der Waals surface area (Å²) in [6.07, 6.45) is 19.5. The highest BCUT2D eigenvalue weighted by atomic mass is 19.1. The van der Waals surface area contributed by atoms with E-state index in [1.807, 2.05) is 98.7 Å². The number of fused-ring (bicyclic) bond motifs is 4. The Morgan fingerprint density at radius 1 is 0.480 bits per heavy atom. The van der Waals surface area contributed by atoms with Crippen LogP contribution in [0, 0.1) is 67.1 Å². The molecule has 0 saturated carbocycles. The zero-order chi connectivity index (χ0) is 69.9. The van der Waals surface area contributed by atoms with E-state index < -0.39 is 0 Å². The van der Waals surface area contributed by atoms with E-state index in [9.17, 15) is 18.8 Å². The lowest BCUT2D eigenvalue weighted by Crippen LogP contribution is -2.39. The van der Waals surface area contributed by atoms with Crippen LogP contribution in [0.4, 0.5) is 27.7 Å². The number of nitrogens with two attached hydrogens (primary N) is 3. The largest absolute Gasteiger partial charge is 0.383 e. The van der Waals surface area contributed by atoms with Gasteiger partial charge in [-0.05, 0) is 179 Å². The molecule has 524 valence electrons. The van der Waals surface area contributed by atoms with Crippen molar-refractivity contribution in [3.63, 3.8) is 0 Å². The maximum atomic E-state index is 14.1. The number of likely N-dealkylation sites (tertiary alicyclic amines) is 3. The number of rotatable bonds is 9. The second-order valence-corrected chi connectivity index (χ2v) is 28.8. The molecule has 10 aromatic rings. The summed E-state index contributed by atoms with van der Waals surface area (Å²) in [7, 11) is 0. The fraction of sp³-hybridized carbons (Fsp3) is 0.493. The van der Waals surface area contributed by atoms with Crippen LogP contribution in [0.5, 0.6) is 0 Å². The molecule has 1 aromatic carbocycles. The van der Waals surface area contributed by atoms with E-state index in [0.717, 1.165) is 195 Å². The Kier molecular flexibility index (Phi) is 18.7. The first kappa shape index (κ1) is 67.4. The van der Waals surface area contributed by atoms with Gasteiger partial charge in [0.2, 0.25) is 5.82 Å². The number of pyridine rings is 1. The molecular weight excluding hydrogens is 1270 g/mol. The number of halogens is 1. The maximum Gasteiger partial charge on any atom is 0.294 e. The number of nitrogen functional groups attached to an aromatic ring is 1. The van der Waals surface area contributed by atoms with E-state index in [-0.39, 0.29) is 65.4 Å². The SMILES string of the molecule is Cc1cc(C)n2nc(C(=O)N3CCCC[C@H]3c3cc4nc(N5CC[C@H](C)C5)c(C)cn4n3)nc2n1.Cc1cn2nc([C@@H]3CCCCN3C(=O)c3cc(C)c(F)c(C)c3)cc2nc1N1CC[C@H](N)C1.Cc1cnc(N)c(C(=O)N2CCCC[C@H]2c2cc3nc(N4CC[C@H](N)C4)c(C)cn3n2)c1. The number of piperidine rings is 3. The molecule has 6 aliphatic rings. The Labute approximate surface area is 581 Å². The number of hydrogen-bond acceptors (Lipinski definition) is 19. The highest BCUT2D eigenvalue weighted by Crippen LogP contribution is 2.38. The Morgan fingerprint density at radius 2 is 0.930 bits per heavy atom. The van der Waals surface area contributed by atoms with Crippen molar-refractivity contribution in [3.8, 4) is 0 Å². The molecule has 0 aliphatic carbocycles. The standard InChI is InChI=1S/C25H31FN6O.C25H31N9O.C23H30N8O/c1-15-10-18(11-16(2)23(15)26)25(33)31-8-5-4-6-21(31)20-12-22-28-24(17(3)13-32(22)29-20)30-9-7-19(27)14-30;1-15-8-10-31(13-15)23-16(2)14-33-21(27-23)12-19(29-33)20-7-5-6-9-32(20)24(35)22-28-25-26-17(3)11-18(4)34(25)30-22;1-14-9-17(21(25)26-11-14)23(32)30-7-4-3-5-19(30)18-10-20-27-22(15(2)12-31(20)28-18)29-8-6-16(24)13-29/h10-13,19,21H,4-9,14,27H2,1-3H3;11-12,14-15,20H,5-10,13H2,1-4H3;9-12,16,19H,3-8,13,24H2,1-2H3,(H2,25,26)/t19-,21-;15-,20-;16-,19-/m000/s1. The number of amides is 3. The molecular formula is C73H92FN23O3. The van der Waals surface area contributed by atoms with E-state index in [1.165, 1.54) is 6.42 Å². The van der Waals surface area contributed by atoms with Gasteiger partial charge in [0.15, 0.2) is 16.9 Å². The van der Waals surface area contributed by atoms with Crippen LogP contribution < -0.4 is 31.9 Å². The zero-order valence-electron chi connectivity index (χ0n) is 58.9. The van der Waals surface area contributed by atoms with Crippen LogP contribution >= 0.6 is 0 Å². The van der Waals surface area contributed by atoms with Crippen LogP contribution in [0.2, 0.25) is 0 Å². The number of nitrogens with zero attached hydrogens (tertiary/aromatic N) is 20. The maximum absolute atomic E-state index is 14.1. The van der Waals surface area contributed by atoms with Gasteiger partial charge in [-0.1, -0.05) is 6.92 Å². The minimum Gasteiger partial charge on any atom is -0.383 e. The number of aromatic nitrogens is 14. The lowest BCUT2D eigenvalue weighted by Gasteiger charge is -2.35. The van der Waals surface area contributed by atoms with Crippen LogP contribution in [0.1, 0.15) is 195 Å². The first-order valence-corrected chi connectivity index (χ1v) is 35.6. The number of hydrogen-bond donors (Lipinski definition) is 3. The molecule has 9 aromatic heterocycles. The summed E-state index contributed by atoms with van der Waals surface area (Å²) < 4.78 is 21.2. The van der Waals surface area contributed by atoms with Gasteiger partial charge in [-0.25, -0.2) is 47.4 Å². The molecule has 6 atom stereocenters. The van der Waals surface area contributed by atoms with Crippen molar-refractivity contribution in [1.29, 1.82) is 0 Å². The predicted octanol–water partition coefficient (Wildman–Crippen LogP) is 9.23. The Bertz CT molecular complexity index is 4740. The smallest absolute Gasteiger partial charge is 0.294 e. The molecule has 100 heavy (non-hydrogen) atoms. The fourth-order valence-corrected chi connectivity index (χ4v) is 15.6. The van der Waals surface area contributed by atoms with Crippen molar-refractivity contribution in [2.75, 3.05) is 79.3 Å². The molecule has 16 rings (SSSR count). The lowest BCUT2D eigenvalue weighted by molar-refractivity contribution is 0.0589. The fourth-order valence-electron chi connectivity index (χ4n) is 15.6. The van der Waals surface area contributed by atoms with Crippen LogP contribution in [0.15, 0.2) is 67.3 Å². The van der Waals surface area contributed by atoms with Gasteiger partial charge in [0.1, 0.15) is 29.1 Å². The molecule has 6 fully saturated rings. The number of carbonyl (C=O) groups is 3. The highest BCUT2D eigenvalue weighted by Gasteiger charge is 2.37. The van der Waals surface area contributed by atoms with E-state index in [0.29, 0.717) is 53.6 Å². The molecule has 6 aliphatic heterocycles. The van der Waals surface area contributed by atoms with Crippen molar-refractivity contribution in [2.45, 2.75) is 170 Å². The predicted molar refractivity (Wildman–Crippen MR) is 381 cm³/mol. The summed E-state index contributed by atoms with van der Waals surface area (Å²) >= 11 is 0. The molecule has 0 bridgehead atoms. The van der Waals surface area contributed by atoms with Gasteiger partial charge < -0.3 is 46.6 Å². The van der Waals surface area contributed by atoms with Crippen molar-refractivity contribution in [2.24, 2.45) is 17.4 Å².